The summed E-state index contributed by atoms with van der Waals surface area (Å²) in [4.78, 5) is 8.46. The van der Waals surface area contributed by atoms with Gasteiger partial charge in [0, 0.05) is 43.8 Å². The number of aromatic nitrogens is 2. The quantitative estimate of drug-likeness (QED) is 0.429. The number of halogens is 3. The second-order valence-electron chi connectivity index (χ2n) is 6.06. The lowest BCUT2D eigenvalue weighted by molar-refractivity contribution is 0.570. The van der Waals surface area contributed by atoms with Gasteiger partial charge >= 0.3 is 0 Å². The Hall–Kier alpha value is -2.54. The third-order valence-electron chi connectivity index (χ3n) is 3.96. The van der Waals surface area contributed by atoms with E-state index < -0.39 is 26.7 Å². The Morgan fingerprint density at radius 3 is 2.67 bits per heavy atom. The molecule has 30 heavy (non-hydrogen) atoms. The number of nitrogens with two attached hydrogens (primary N) is 1. The lowest BCUT2D eigenvalue weighted by Crippen LogP contribution is -2.25. The topological polar surface area (TPSA) is 113 Å². The van der Waals surface area contributed by atoms with Gasteiger partial charge in [-0.3, -0.25) is 4.72 Å². The predicted molar refractivity (Wildman–Crippen MR) is 114 cm³/mol. The first-order valence-electron chi connectivity index (χ1n) is 8.46. The van der Waals surface area contributed by atoms with Crippen molar-refractivity contribution >= 4 is 55.2 Å². The minimum Gasteiger partial charge on any atom is -0.371 e. The van der Waals surface area contributed by atoms with Crippen LogP contribution in [0.1, 0.15) is 0 Å². The number of likely N-dealkylation sites (N-methyl/N-ethyl adjacent to an activating group) is 1. The number of pyridine rings is 1. The van der Waals surface area contributed by atoms with E-state index in [1.54, 1.807) is 17.3 Å². The Labute approximate surface area is 180 Å². The van der Waals surface area contributed by atoms with Gasteiger partial charge in [0.25, 0.3) is 10.0 Å². The van der Waals surface area contributed by atoms with Gasteiger partial charge in [0.15, 0.2) is 5.13 Å². The number of hydrogen-bond acceptors (Lipinski definition) is 8. The van der Waals surface area contributed by atoms with E-state index in [4.69, 9.17) is 17.3 Å². The van der Waals surface area contributed by atoms with Gasteiger partial charge in [0.2, 0.25) is 5.95 Å². The van der Waals surface area contributed by atoms with Gasteiger partial charge in [0.05, 0.1) is 28.3 Å². The number of benzene rings is 1. The van der Waals surface area contributed by atoms with Crippen molar-refractivity contribution in [3.05, 3.63) is 52.8 Å². The van der Waals surface area contributed by atoms with Crippen LogP contribution < -0.4 is 20.7 Å². The first-order valence-corrected chi connectivity index (χ1v) is 11.2. The van der Waals surface area contributed by atoms with Crippen LogP contribution in [0.4, 0.5) is 31.0 Å². The van der Waals surface area contributed by atoms with Crippen LogP contribution in [0.15, 0.2) is 40.9 Å². The summed E-state index contributed by atoms with van der Waals surface area (Å²) in [5, 5.41) is 4.47. The lowest BCUT2D eigenvalue weighted by Gasteiger charge is -2.22. The summed E-state index contributed by atoms with van der Waals surface area (Å²) in [7, 11) is -2.53. The maximum atomic E-state index is 14.7. The van der Waals surface area contributed by atoms with Crippen LogP contribution in [0, 0.1) is 11.8 Å². The fourth-order valence-corrected chi connectivity index (χ4v) is 4.72. The maximum absolute atomic E-state index is 14.7. The zero-order valence-electron chi connectivity index (χ0n) is 15.6. The summed E-state index contributed by atoms with van der Waals surface area (Å²) in [6, 6.07) is 3.11. The molecule has 2 aromatic heterocycles. The van der Waals surface area contributed by atoms with Crippen LogP contribution in [0.3, 0.4) is 0 Å². The zero-order chi connectivity index (χ0) is 21.9. The van der Waals surface area contributed by atoms with Crippen molar-refractivity contribution in [3.63, 3.8) is 0 Å². The molecule has 160 valence electrons. The molecule has 4 N–H and O–H groups in total. The van der Waals surface area contributed by atoms with Gasteiger partial charge in [0.1, 0.15) is 10.7 Å². The van der Waals surface area contributed by atoms with E-state index >= 15 is 0 Å². The highest BCUT2D eigenvalue weighted by atomic mass is 35.5. The highest BCUT2D eigenvalue weighted by Crippen LogP contribution is 2.34. The van der Waals surface area contributed by atoms with Crippen molar-refractivity contribution in [3.8, 4) is 0 Å². The second kappa shape index (κ2) is 9.08. The van der Waals surface area contributed by atoms with E-state index in [9.17, 15) is 17.2 Å². The number of rotatable bonds is 8. The molecule has 0 aliphatic carbocycles. The highest BCUT2D eigenvalue weighted by molar-refractivity contribution is 7.93. The van der Waals surface area contributed by atoms with E-state index in [2.05, 4.69) is 20.0 Å². The van der Waals surface area contributed by atoms with Crippen LogP contribution in [-0.4, -0.2) is 38.5 Å². The fraction of sp³-hybridized carbons (Fsp3) is 0.176. The molecule has 0 unspecified atom stereocenters. The normalized spacial score (nSPS) is 11.4. The Bertz CT molecular complexity index is 1150. The first-order chi connectivity index (χ1) is 14.2. The summed E-state index contributed by atoms with van der Waals surface area (Å²) in [5.41, 5.74) is 6.39. The first kappa shape index (κ1) is 22.2. The van der Waals surface area contributed by atoms with Crippen molar-refractivity contribution in [1.29, 1.82) is 0 Å². The molecule has 0 aliphatic heterocycles. The number of anilines is 4. The molecule has 13 heteroatoms. The molecule has 0 saturated carbocycles. The molecule has 2 heterocycles. The Morgan fingerprint density at radius 1 is 1.23 bits per heavy atom. The van der Waals surface area contributed by atoms with Gasteiger partial charge < -0.3 is 16.0 Å². The molecular formula is C17H17ClF2N6O2S2. The summed E-state index contributed by atoms with van der Waals surface area (Å²) in [5.74, 6) is -1.73. The van der Waals surface area contributed by atoms with Crippen LogP contribution in [0.25, 0.3) is 0 Å². The van der Waals surface area contributed by atoms with Crippen LogP contribution in [-0.2, 0) is 10.0 Å². The summed E-state index contributed by atoms with van der Waals surface area (Å²) >= 11 is 7.25. The van der Waals surface area contributed by atoms with Crippen molar-refractivity contribution in [2.24, 2.45) is 5.73 Å². The highest BCUT2D eigenvalue weighted by Gasteiger charge is 2.23. The molecule has 3 aromatic rings. The van der Waals surface area contributed by atoms with Crippen LogP contribution >= 0.6 is 22.9 Å². The molecular weight excluding hydrogens is 458 g/mol. The number of sulfonamides is 1. The number of thiazole rings is 1. The van der Waals surface area contributed by atoms with Crippen molar-refractivity contribution in [1.82, 2.24) is 9.97 Å². The fourth-order valence-electron chi connectivity index (χ4n) is 2.57. The maximum Gasteiger partial charge on any atom is 0.266 e. The molecule has 0 spiro atoms. The molecule has 0 fully saturated rings. The number of nitrogens with zero attached hydrogens (tertiary/aromatic N) is 3. The molecule has 3 rings (SSSR count). The molecule has 1 aromatic carbocycles. The Balaban J connectivity index is 1.93. The molecule has 0 bridgehead atoms. The smallest absolute Gasteiger partial charge is 0.266 e. The zero-order valence-corrected chi connectivity index (χ0v) is 18.0. The third kappa shape index (κ3) is 4.95. The molecule has 0 amide bonds. The molecule has 0 saturated heterocycles. The SMILES string of the molecule is CN(CCN)c1cc(F)ncc1Nc1cc(F)c(S(=O)(=O)Nc2nccs2)cc1Cl. The Kier molecular flexibility index (Phi) is 6.71. The predicted octanol–water partition coefficient (Wildman–Crippen LogP) is 3.41. The number of hydrogen-bond donors (Lipinski definition) is 3. The van der Waals surface area contributed by atoms with E-state index in [-0.39, 0.29) is 15.8 Å². The van der Waals surface area contributed by atoms with Crippen LogP contribution in [0.2, 0.25) is 5.02 Å². The lowest BCUT2D eigenvalue weighted by atomic mass is 10.2. The largest absolute Gasteiger partial charge is 0.371 e. The van der Waals surface area contributed by atoms with E-state index in [1.807, 2.05) is 0 Å². The molecule has 8 nitrogen and oxygen atoms in total. The minimum absolute atomic E-state index is 0.0623. The minimum atomic E-state index is -4.23. The molecule has 0 atom stereocenters. The van der Waals surface area contributed by atoms with E-state index in [1.165, 1.54) is 18.5 Å². The number of nitrogens with one attached hydrogen (secondary N) is 2. The standard InChI is InChI=1S/C17H17ClF2N6O2S2/c1-26(4-2-21)14-8-16(20)23-9-13(14)24-12-7-11(19)15(6-10(12)18)30(27,28)25-17-22-3-5-29-17/h3,5-9,24H,2,4,21H2,1H3,(H,22,25). The van der Waals surface area contributed by atoms with Crippen LogP contribution in [0.5, 0.6) is 0 Å². The van der Waals surface area contributed by atoms with Crippen molar-refractivity contribution in [2.75, 3.05) is 35.1 Å². The average molecular weight is 475 g/mol. The van der Waals surface area contributed by atoms with Crippen molar-refractivity contribution < 1.29 is 17.2 Å². The van der Waals surface area contributed by atoms with Gasteiger partial charge in [-0.1, -0.05) is 11.6 Å². The second-order valence-corrected chi connectivity index (χ2v) is 9.02. The average Bonchev–Trinajstić information content (AvgIpc) is 3.18. The van der Waals surface area contributed by atoms with Gasteiger partial charge in [-0.25, -0.2) is 22.8 Å². The van der Waals surface area contributed by atoms with Crippen molar-refractivity contribution in [2.45, 2.75) is 4.90 Å². The summed E-state index contributed by atoms with van der Waals surface area (Å²) in [6.45, 7) is 0.758. The summed E-state index contributed by atoms with van der Waals surface area (Å²) in [6.07, 6.45) is 2.63. The summed E-state index contributed by atoms with van der Waals surface area (Å²) < 4.78 is 55.4. The molecule has 0 radical (unpaired) electrons. The van der Waals surface area contributed by atoms with E-state index in [0.29, 0.717) is 24.5 Å². The van der Waals surface area contributed by atoms with E-state index in [0.717, 1.165) is 23.5 Å². The Morgan fingerprint density at radius 2 is 2.00 bits per heavy atom. The molecule has 0 aliphatic rings. The monoisotopic (exact) mass is 474 g/mol. The van der Waals surface area contributed by atoms with Gasteiger partial charge in [-0.2, -0.15) is 4.39 Å². The van der Waals surface area contributed by atoms with Gasteiger partial charge in [-0.15, -0.1) is 11.3 Å². The third-order valence-corrected chi connectivity index (χ3v) is 6.44. The van der Waals surface area contributed by atoms with Gasteiger partial charge in [-0.05, 0) is 6.07 Å².